The molecule has 0 aliphatic carbocycles. The lowest BCUT2D eigenvalue weighted by molar-refractivity contribution is 0.0682. The highest BCUT2D eigenvalue weighted by Crippen LogP contribution is 2.25. The third kappa shape index (κ3) is 8.77. The van der Waals surface area contributed by atoms with E-state index < -0.39 is 8.07 Å². The summed E-state index contributed by atoms with van der Waals surface area (Å²) in [7, 11) is -1.11. The van der Waals surface area contributed by atoms with Crippen LogP contribution in [0.15, 0.2) is 48.5 Å². The Bertz CT molecular complexity index is 1410. The molecule has 39 heavy (non-hydrogen) atoms. The maximum absolute atomic E-state index is 11.9. The predicted molar refractivity (Wildman–Crippen MR) is 158 cm³/mol. The van der Waals surface area contributed by atoms with Gasteiger partial charge >= 0.3 is 0 Å². The van der Waals surface area contributed by atoms with Crippen molar-refractivity contribution in [3.8, 4) is 22.5 Å². The Kier molecular flexibility index (Phi) is 11.4. The van der Waals surface area contributed by atoms with E-state index in [9.17, 15) is 9.59 Å². The van der Waals surface area contributed by atoms with Crippen molar-refractivity contribution in [3.63, 3.8) is 0 Å². The number of hydrogen-bond donors (Lipinski definition) is 1. The zero-order chi connectivity index (χ0) is 27.9. The van der Waals surface area contributed by atoms with E-state index in [0.717, 1.165) is 28.3 Å². The number of nitrogens with zero attached hydrogens (tertiary/aromatic N) is 5. The van der Waals surface area contributed by atoms with Crippen molar-refractivity contribution in [1.82, 2.24) is 30.4 Å². The molecule has 0 radical (unpaired) electrons. The minimum atomic E-state index is -1.11. The Balaban J connectivity index is 0.000000289. The SMILES string of the molecule is CC(=O)c1n[nH]nc1-c1ccccc1C.CC(=O)c1nn(COCC[Si](C)(C)C)nc1-c1ccccc1C.Cl. The van der Waals surface area contributed by atoms with Crippen LogP contribution in [0.1, 0.15) is 46.0 Å². The summed E-state index contributed by atoms with van der Waals surface area (Å²) < 4.78 is 5.67. The van der Waals surface area contributed by atoms with E-state index in [4.69, 9.17) is 4.74 Å². The molecule has 4 aromatic rings. The van der Waals surface area contributed by atoms with Crippen LogP contribution >= 0.6 is 12.4 Å². The maximum Gasteiger partial charge on any atom is 0.182 e. The van der Waals surface area contributed by atoms with Crippen LogP contribution in [0.2, 0.25) is 25.7 Å². The summed E-state index contributed by atoms with van der Waals surface area (Å²) in [5.74, 6) is -0.168. The lowest BCUT2D eigenvalue weighted by Crippen LogP contribution is -2.22. The molecular weight excluding hydrogens is 532 g/mol. The molecule has 9 nitrogen and oxygen atoms in total. The van der Waals surface area contributed by atoms with E-state index in [1.165, 1.54) is 18.6 Å². The number of ketones is 2. The van der Waals surface area contributed by atoms with Crippen molar-refractivity contribution in [2.24, 2.45) is 0 Å². The lowest BCUT2D eigenvalue weighted by Gasteiger charge is -2.14. The van der Waals surface area contributed by atoms with E-state index in [1.54, 1.807) is 0 Å². The summed E-state index contributed by atoms with van der Waals surface area (Å²) in [6, 6.07) is 16.7. The first kappa shape index (κ1) is 31.7. The summed E-state index contributed by atoms with van der Waals surface area (Å²) >= 11 is 0. The number of carbonyl (C=O) groups excluding carboxylic acids is 2. The number of aromatic nitrogens is 6. The standard InChI is InChI=1S/C17H25N3O2Si.C11H11N3O.ClH/c1-13-8-6-7-9-15(13)17-16(14(2)21)18-20(19-17)12-22-10-11-23(3,4)5;1-7-5-3-4-6-9(7)11-10(8(2)15)12-14-13-11;/h6-9H,10-12H2,1-5H3;3-6H,1-2H3,(H,12,13,14);1H. The second-order valence-electron chi connectivity index (χ2n) is 10.4. The van der Waals surface area contributed by atoms with Crippen LogP contribution in [0.3, 0.4) is 0 Å². The van der Waals surface area contributed by atoms with Gasteiger partial charge in [-0.25, -0.2) is 0 Å². The number of hydrogen-bond acceptors (Lipinski definition) is 7. The zero-order valence-corrected chi connectivity index (χ0v) is 25.4. The highest BCUT2D eigenvalue weighted by Gasteiger charge is 2.19. The van der Waals surface area contributed by atoms with Gasteiger partial charge in [0.25, 0.3) is 0 Å². The number of aromatic amines is 1. The number of benzene rings is 2. The van der Waals surface area contributed by atoms with Crippen molar-refractivity contribution in [2.75, 3.05) is 6.61 Å². The molecule has 0 saturated carbocycles. The Morgan fingerprint density at radius 3 is 1.87 bits per heavy atom. The highest BCUT2D eigenvalue weighted by atomic mass is 35.5. The monoisotopic (exact) mass is 568 g/mol. The van der Waals surface area contributed by atoms with Gasteiger partial charge in [-0.3, -0.25) is 9.59 Å². The summed E-state index contributed by atoms with van der Waals surface area (Å²) in [5.41, 5.74) is 6.07. The average molecular weight is 569 g/mol. The van der Waals surface area contributed by atoms with Crippen LogP contribution in [-0.4, -0.2) is 56.7 Å². The van der Waals surface area contributed by atoms with E-state index in [1.807, 2.05) is 62.4 Å². The first-order valence-electron chi connectivity index (χ1n) is 12.6. The van der Waals surface area contributed by atoms with Crippen molar-refractivity contribution in [3.05, 3.63) is 71.0 Å². The van der Waals surface area contributed by atoms with E-state index in [2.05, 4.69) is 45.2 Å². The van der Waals surface area contributed by atoms with E-state index in [-0.39, 0.29) is 30.7 Å². The van der Waals surface area contributed by atoms with Crippen LogP contribution in [0.4, 0.5) is 0 Å². The molecule has 208 valence electrons. The maximum atomic E-state index is 11.9. The van der Waals surface area contributed by atoms with Gasteiger partial charge in [0.1, 0.15) is 11.4 Å². The molecule has 4 rings (SSSR count). The summed E-state index contributed by atoms with van der Waals surface area (Å²) in [6.45, 7) is 14.9. The Morgan fingerprint density at radius 1 is 0.821 bits per heavy atom. The molecule has 0 aliphatic heterocycles. The Hall–Kier alpha value is -3.47. The van der Waals surface area contributed by atoms with Gasteiger partial charge in [0, 0.05) is 39.7 Å². The van der Waals surface area contributed by atoms with Crippen molar-refractivity contribution >= 4 is 32.0 Å². The molecule has 0 unspecified atom stereocenters. The first-order valence-corrected chi connectivity index (χ1v) is 16.3. The smallest absolute Gasteiger partial charge is 0.182 e. The van der Waals surface area contributed by atoms with Crippen LogP contribution < -0.4 is 0 Å². The predicted octanol–water partition coefficient (Wildman–Crippen LogP) is 6.17. The normalized spacial score (nSPS) is 10.8. The molecule has 11 heteroatoms. The van der Waals surface area contributed by atoms with Gasteiger partial charge in [0.05, 0.1) is 0 Å². The topological polar surface area (TPSA) is 116 Å². The quantitative estimate of drug-likeness (QED) is 0.146. The fraction of sp³-hybridized carbons (Fsp3) is 0.357. The molecule has 1 N–H and O–H groups in total. The molecule has 2 heterocycles. The second-order valence-corrected chi connectivity index (χ2v) is 16.0. The van der Waals surface area contributed by atoms with Crippen molar-refractivity contribution in [1.29, 1.82) is 0 Å². The third-order valence-corrected chi connectivity index (χ3v) is 7.58. The number of H-pyrrole nitrogens is 1. The van der Waals surface area contributed by atoms with Gasteiger partial charge in [-0.05, 0) is 31.0 Å². The molecule has 0 spiro atoms. The fourth-order valence-corrected chi connectivity index (χ4v) is 4.45. The van der Waals surface area contributed by atoms with Gasteiger partial charge in [0.15, 0.2) is 29.7 Å². The average Bonchev–Trinajstić information content (AvgIpc) is 3.50. The molecule has 2 aromatic carbocycles. The number of carbonyl (C=O) groups is 2. The molecular formula is C28H37ClN6O3Si. The first-order chi connectivity index (χ1) is 18.0. The van der Waals surface area contributed by atoms with Gasteiger partial charge in [0.2, 0.25) is 0 Å². The zero-order valence-electron chi connectivity index (χ0n) is 23.6. The van der Waals surface area contributed by atoms with Crippen molar-refractivity contribution in [2.45, 2.75) is 60.1 Å². The van der Waals surface area contributed by atoms with Gasteiger partial charge in [-0.1, -0.05) is 68.2 Å². The summed E-state index contributed by atoms with van der Waals surface area (Å²) in [4.78, 5) is 24.6. The lowest BCUT2D eigenvalue weighted by atomic mass is 10.0. The molecule has 0 bridgehead atoms. The van der Waals surface area contributed by atoms with Crippen LogP contribution in [0, 0.1) is 13.8 Å². The number of rotatable bonds is 9. The number of Topliss-reactive ketones (excluding diaryl/α,β-unsaturated/α-hetero) is 2. The molecule has 0 amide bonds. The Labute approximate surface area is 236 Å². The van der Waals surface area contributed by atoms with E-state index in [0.29, 0.717) is 29.4 Å². The minimum Gasteiger partial charge on any atom is -0.358 e. The number of nitrogens with one attached hydrogen (secondary N) is 1. The Morgan fingerprint density at radius 2 is 1.36 bits per heavy atom. The van der Waals surface area contributed by atoms with Gasteiger partial charge < -0.3 is 4.74 Å². The third-order valence-electron chi connectivity index (χ3n) is 5.87. The minimum absolute atomic E-state index is 0. The summed E-state index contributed by atoms with van der Waals surface area (Å²) in [5, 5.41) is 19.1. The highest BCUT2D eigenvalue weighted by molar-refractivity contribution is 6.76. The van der Waals surface area contributed by atoms with Gasteiger partial charge in [-0.15, -0.1) is 17.5 Å². The largest absolute Gasteiger partial charge is 0.358 e. The summed E-state index contributed by atoms with van der Waals surface area (Å²) in [6.07, 6.45) is 0. The number of halogens is 1. The van der Waals surface area contributed by atoms with E-state index >= 15 is 0 Å². The van der Waals surface area contributed by atoms with Crippen molar-refractivity contribution < 1.29 is 14.3 Å². The molecule has 2 aromatic heterocycles. The van der Waals surface area contributed by atoms with Crippen LogP contribution in [-0.2, 0) is 11.5 Å². The molecule has 0 fully saturated rings. The molecule has 0 aliphatic rings. The number of ether oxygens (including phenoxy) is 1. The van der Waals surface area contributed by atoms with Gasteiger partial charge in [-0.2, -0.15) is 25.3 Å². The molecule has 0 saturated heterocycles. The second kappa shape index (κ2) is 14.1. The van der Waals surface area contributed by atoms with Crippen LogP contribution in [0.5, 0.6) is 0 Å². The molecule has 0 atom stereocenters. The number of aryl methyl sites for hydroxylation is 2. The fourth-order valence-electron chi connectivity index (χ4n) is 3.69. The van der Waals surface area contributed by atoms with Crippen LogP contribution in [0.25, 0.3) is 22.5 Å².